The minimum Gasteiger partial charge on any atom is -0.138 e. The van der Waals surface area contributed by atoms with Crippen molar-refractivity contribution in [1.82, 2.24) is 15.4 Å². The topological polar surface area (TPSA) is 38.7 Å². The molecular weight excluding hydrogens is 150 g/mol. The van der Waals surface area contributed by atoms with Gasteiger partial charge in [0, 0.05) is 0 Å². The van der Waals surface area contributed by atoms with Crippen molar-refractivity contribution in [3.8, 4) is 0 Å². The quantitative estimate of drug-likeness (QED) is 0.673. The lowest BCUT2D eigenvalue weighted by atomic mass is 9.97. The van der Waals surface area contributed by atoms with Crippen molar-refractivity contribution in [2.45, 2.75) is 39.5 Å². The van der Waals surface area contributed by atoms with Crippen molar-refractivity contribution < 1.29 is 0 Å². The Hall–Kier alpha value is -0.990. The highest BCUT2D eigenvalue weighted by Crippen LogP contribution is 2.21. The summed E-state index contributed by atoms with van der Waals surface area (Å²) in [5.41, 5.74) is 2.28. The Kier molecular flexibility index (Phi) is 2.74. The molecule has 0 aliphatic rings. The van der Waals surface area contributed by atoms with Gasteiger partial charge in [0.05, 0.1) is 11.9 Å². The number of nitrogens with zero attached hydrogens (tertiary/aromatic N) is 3. The Morgan fingerprint density at radius 3 is 2.17 bits per heavy atom. The van der Waals surface area contributed by atoms with Crippen molar-refractivity contribution in [3.05, 3.63) is 17.5 Å². The molecule has 12 heavy (non-hydrogen) atoms. The van der Waals surface area contributed by atoms with Crippen LogP contribution < -0.4 is 0 Å². The third-order valence-electron chi connectivity index (χ3n) is 1.87. The van der Waals surface area contributed by atoms with Crippen LogP contribution in [-0.2, 0) is 0 Å². The number of hydrogen-bond donors (Lipinski definition) is 0. The van der Waals surface area contributed by atoms with Crippen LogP contribution in [0.3, 0.4) is 0 Å². The van der Waals surface area contributed by atoms with Crippen molar-refractivity contribution in [2.75, 3.05) is 0 Å². The summed E-state index contributed by atoms with van der Waals surface area (Å²) in [6.45, 7) is 8.53. The Labute approximate surface area is 73.2 Å². The van der Waals surface area contributed by atoms with E-state index in [-0.39, 0.29) is 0 Å². The largest absolute Gasteiger partial charge is 0.138 e. The van der Waals surface area contributed by atoms with Crippen LogP contribution in [0.25, 0.3) is 0 Å². The van der Waals surface area contributed by atoms with E-state index in [1.165, 1.54) is 5.56 Å². The molecule has 0 radical (unpaired) electrons. The van der Waals surface area contributed by atoms with Crippen molar-refractivity contribution in [2.24, 2.45) is 0 Å². The second-order valence-corrected chi connectivity index (χ2v) is 3.58. The Balaban J connectivity index is 3.09. The molecule has 0 aromatic carbocycles. The molecule has 1 aromatic heterocycles. The SMILES string of the molecule is CC(C)c1cnnnc1C(C)C. The zero-order valence-electron chi connectivity index (χ0n) is 8.07. The molecule has 3 nitrogen and oxygen atoms in total. The van der Waals surface area contributed by atoms with Crippen LogP contribution in [0, 0.1) is 0 Å². The highest BCUT2D eigenvalue weighted by Gasteiger charge is 2.11. The van der Waals surface area contributed by atoms with E-state index in [9.17, 15) is 0 Å². The molecule has 0 amide bonds. The molecule has 3 heteroatoms. The van der Waals surface area contributed by atoms with E-state index in [1.54, 1.807) is 0 Å². The zero-order valence-corrected chi connectivity index (χ0v) is 8.07. The molecule has 0 saturated carbocycles. The van der Waals surface area contributed by atoms with Crippen LogP contribution in [0.15, 0.2) is 6.20 Å². The standard InChI is InChI=1S/C9H15N3/c1-6(2)8-5-10-12-11-9(8)7(3)4/h5-7H,1-4H3. The fourth-order valence-electron chi connectivity index (χ4n) is 1.18. The van der Waals surface area contributed by atoms with Gasteiger partial charge in [0.2, 0.25) is 0 Å². The van der Waals surface area contributed by atoms with E-state index < -0.39 is 0 Å². The highest BCUT2D eigenvalue weighted by molar-refractivity contribution is 5.21. The van der Waals surface area contributed by atoms with E-state index in [2.05, 4.69) is 43.1 Å². The van der Waals surface area contributed by atoms with Crippen molar-refractivity contribution in [3.63, 3.8) is 0 Å². The molecule has 0 atom stereocenters. The molecule has 0 aliphatic heterocycles. The minimum atomic E-state index is 0.429. The predicted octanol–water partition coefficient (Wildman–Crippen LogP) is 2.12. The Morgan fingerprint density at radius 2 is 1.75 bits per heavy atom. The van der Waals surface area contributed by atoms with E-state index in [0.29, 0.717) is 11.8 Å². The third kappa shape index (κ3) is 1.78. The fourth-order valence-corrected chi connectivity index (χ4v) is 1.18. The van der Waals surface area contributed by atoms with Crippen LogP contribution >= 0.6 is 0 Å². The first kappa shape index (κ1) is 9.10. The zero-order chi connectivity index (χ0) is 9.14. The summed E-state index contributed by atoms with van der Waals surface area (Å²) in [6.07, 6.45) is 1.81. The summed E-state index contributed by atoms with van der Waals surface area (Å²) in [6, 6.07) is 0. The lowest BCUT2D eigenvalue weighted by molar-refractivity contribution is 0.692. The van der Waals surface area contributed by atoms with Crippen LogP contribution in [-0.4, -0.2) is 15.4 Å². The maximum atomic E-state index is 4.04. The van der Waals surface area contributed by atoms with Gasteiger partial charge < -0.3 is 0 Å². The summed E-state index contributed by atoms with van der Waals surface area (Å²) in [4.78, 5) is 0. The summed E-state index contributed by atoms with van der Waals surface area (Å²) in [5, 5.41) is 11.5. The highest BCUT2D eigenvalue weighted by atomic mass is 15.3. The van der Waals surface area contributed by atoms with E-state index in [1.807, 2.05) is 6.20 Å². The normalized spacial score (nSPS) is 11.2. The van der Waals surface area contributed by atoms with Gasteiger partial charge in [-0.1, -0.05) is 27.7 Å². The van der Waals surface area contributed by atoms with Gasteiger partial charge in [-0.05, 0) is 22.6 Å². The molecule has 0 N–H and O–H groups in total. The molecule has 0 saturated heterocycles. The molecule has 66 valence electrons. The van der Waals surface area contributed by atoms with Gasteiger partial charge >= 0.3 is 0 Å². The van der Waals surface area contributed by atoms with Gasteiger partial charge in [-0.25, -0.2) is 0 Å². The lowest BCUT2D eigenvalue weighted by Gasteiger charge is -2.11. The van der Waals surface area contributed by atoms with E-state index in [4.69, 9.17) is 0 Å². The van der Waals surface area contributed by atoms with Gasteiger partial charge in [0.25, 0.3) is 0 Å². The molecule has 0 spiro atoms. The third-order valence-corrected chi connectivity index (χ3v) is 1.87. The van der Waals surface area contributed by atoms with E-state index >= 15 is 0 Å². The molecular formula is C9H15N3. The number of rotatable bonds is 2. The second-order valence-electron chi connectivity index (χ2n) is 3.58. The first-order valence-corrected chi connectivity index (χ1v) is 4.31. The molecule has 0 unspecified atom stereocenters. The number of aromatic nitrogens is 3. The molecule has 1 aromatic rings. The Morgan fingerprint density at radius 1 is 1.08 bits per heavy atom. The lowest BCUT2D eigenvalue weighted by Crippen LogP contribution is -2.04. The first-order chi connectivity index (χ1) is 5.63. The summed E-state index contributed by atoms with van der Waals surface area (Å²) in [7, 11) is 0. The summed E-state index contributed by atoms with van der Waals surface area (Å²) >= 11 is 0. The molecule has 0 bridgehead atoms. The smallest absolute Gasteiger partial charge is 0.0724 e. The number of hydrogen-bond acceptors (Lipinski definition) is 3. The monoisotopic (exact) mass is 165 g/mol. The van der Waals surface area contributed by atoms with Gasteiger partial charge in [0.15, 0.2) is 0 Å². The molecule has 1 rings (SSSR count). The minimum absolute atomic E-state index is 0.429. The maximum Gasteiger partial charge on any atom is 0.0724 e. The maximum absolute atomic E-state index is 4.04. The average Bonchev–Trinajstić information content (AvgIpc) is 2.04. The molecule has 0 fully saturated rings. The Bertz CT molecular complexity index is 229. The fraction of sp³-hybridized carbons (Fsp3) is 0.667. The predicted molar refractivity (Wildman–Crippen MR) is 48.0 cm³/mol. The van der Waals surface area contributed by atoms with Crippen LogP contribution in [0.1, 0.15) is 50.8 Å². The van der Waals surface area contributed by atoms with Crippen molar-refractivity contribution in [1.29, 1.82) is 0 Å². The van der Waals surface area contributed by atoms with Gasteiger partial charge in [-0.15, -0.1) is 10.2 Å². The summed E-state index contributed by atoms with van der Waals surface area (Å²) in [5.74, 6) is 0.906. The van der Waals surface area contributed by atoms with Crippen molar-refractivity contribution >= 4 is 0 Å². The summed E-state index contributed by atoms with van der Waals surface area (Å²) < 4.78 is 0. The van der Waals surface area contributed by atoms with Crippen LogP contribution in [0.5, 0.6) is 0 Å². The second kappa shape index (κ2) is 3.61. The first-order valence-electron chi connectivity index (χ1n) is 4.31. The van der Waals surface area contributed by atoms with Gasteiger partial charge in [-0.2, -0.15) is 0 Å². The molecule has 1 heterocycles. The van der Waals surface area contributed by atoms with Crippen LogP contribution in [0.4, 0.5) is 0 Å². The van der Waals surface area contributed by atoms with E-state index in [0.717, 1.165) is 5.69 Å². The van der Waals surface area contributed by atoms with Gasteiger partial charge in [0.1, 0.15) is 0 Å². The average molecular weight is 165 g/mol. The molecule has 0 aliphatic carbocycles. The van der Waals surface area contributed by atoms with Crippen LogP contribution in [0.2, 0.25) is 0 Å². The van der Waals surface area contributed by atoms with Gasteiger partial charge in [-0.3, -0.25) is 0 Å².